The fourth-order valence-corrected chi connectivity index (χ4v) is 3.80. The number of hydrogen-bond acceptors (Lipinski definition) is 4. The van der Waals surface area contributed by atoms with Crippen LogP contribution < -0.4 is 15.5 Å². The zero-order chi connectivity index (χ0) is 29.3. The Balaban J connectivity index is 1.90. The van der Waals surface area contributed by atoms with Crippen LogP contribution in [0.2, 0.25) is 0 Å². The average Bonchev–Trinajstić information content (AvgIpc) is 3.12. The summed E-state index contributed by atoms with van der Waals surface area (Å²) in [4.78, 5) is 31.4. The van der Waals surface area contributed by atoms with Gasteiger partial charge in [-0.25, -0.2) is 14.2 Å². The zero-order valence-corrected chi connectivity index (χ0v) is 22.7. The number of urea groups is 1. The van der Waals surface area contributed by atoms with Gasteiger partial charge in [0.05, 0.1) is 27.9 Å². The van der Waals surface area contributed by atoms with Crippen LogP contribution in [0.25, 0.3) is 11.0 Å². The Labute approximate surface area is 224 Å². The minimum atomic E-state index is -4.72. The van der Waals surface area contributed by atoms with E-state index in [0.29, 0.717) is 41.7 Å². The smallest absolute Gasteiger partial charge is 0.390 e. The van der Waals surface area contributed by atoms with Gasteiger partial charge >= 0.3 is 12.2 Å². The molecule has 3 amide bonds. The molecule has 3 N–H and O–H groups in total. The van der Waals surface area contributed by atoms with E-state index in [2.05, 4.69) is 15.6 Å². The van der Waals surface area contributed by atoms with Crippen molar-refractivity contribution in [2.24, 2.45) is 5.41 Å². The van der Waals surface area contributed by atoms with Gasteiger partial charge in [0.2, 0.25) is 11.9 Å². The maximum atomic E-state index is 14.2. The first-order valence-corrected chi connectivity index (χ1v) is 12.3. The van der Waals surface area contributed by atoms with Crippen LogP contribution in [-0.4, -0.2) is 39.2 Å². The molecular weight excluding hydrogens is 518 g/mol. The van der Waals surface area contributed by atoms with Gasteiger partial charge in [0.25, 0.3) is 0 Å². The topological polar surface area (TPSA) is 99.5 Å². The number of carbonyl (C=O) groups is 2. The zero-order valence-electron chi connectivity index (χ0n) is 22.7. The van der Waals surface area contributed by atoms with Gasteiger partial charge in [-0.1, -0.05) is 20.8 Å². The SMILES string of the molecule is CN(C(=O)CC(C)(C)C)c1ccc2c(c1)nc(NC(=O)Nc1ccc(C(F)(F)F)cc1F)n2CCC(C)(C)O. The second kappa shape index (κ2) is 10.8. The Morgan fingerprint density at radius 1 is 1.03 bits per heavy atom. The number of aryl methyl sites for hydroxylation is 1. The lowest BCUT2D eigenvalue weighted by atomic mass is 9.91. The van der Waals surface area contributed by atoms with Crippen molar-refractivity contribution in [3.05, 3.63) is 47.8 Å². The van der Waals surface area contributed by atoms with E-state index in [-0.39, 0.29) is 23.8 Å². The maximum Gasteiger partial charge on any atom is 0.416 e. The van der Waals surface area contributed by atoms with Crippen molar-refractivity contribution in [1.82, 2.24) is 9.55 Å². The molecule has 0 unspecified atom stereocenters. The largest absolute Gasteiger partial charge is 0.416 e. The van der Waals surface area contributed by atoms with Crippen LogP contribution in [0.3, 0.4) is 0 Å². The number of aliphatic hydroxyl groups is 1. The highest BCUT2D eigenvalue weighted by Gasteiger charge is 2.31. The first kappa shape index (κ1) is 29.9. The molecule has 0 aliphatic carbocycles. The fourth-order valence-electron chi connectivity index (χ4n) is 3.80. The number of imidazole rings is 1. The number of rotatable bonds is 7. The number of anilines is 3. The molecule has 0 radical (unpaired) electrons. The second-order valence-electron chi connectivity index (χ2n) is 11.3. The molecule has 12 heteroatoms. The number of nitrogens with zero attached hydrogens (tertiary/aromatic N) is 3. The van der Waals surface area contributed by atoms with Crippen molar-refractivity contribution in [2.45, 2.75) is 65.8 Å². The minimum Gasteiger partial charge on any atom is -0.390 e. The monoisotopic (exact) mass is 551 g/mol. The maximum absolute atomic E-state index is 14.2. The summed E-state index contributed by atoms with van der Waals surface area (Å²) in [6.45, 7) is 9.41. The van der Waals surface area contributed by atoms with Crippen LogP contribution in [0.5, 0.6) is 0 Å². The van der Waals surface area contributed by atoms with Crippen molar-refractivity contribution >= 4 is 40.3 Å². The van der Waals surface area contributed by atoms with E-state index in [1.54, 1.807) is 43.7 Å². The highest BCUT2D eigenvalue weighted by molar-refractivity contribution is 6.00. The summed E-state index contributed by atoms with van der Waals surface area (Å²) < 4.78 is 54.4. The number of benzene rings is 2. The molecule has 0 fully saturated rings. The molecule has 212 valence electrons. The number of aromatic nitrogens is 2. The van der Waals surface area contributed by atoms with Crippen molar-refractivity contribution in [3.63, 3.8) is 0 Å². The molecule has 8 nitrogen and oxygen atoms in total. The first-order valence-electron chi connectivity index (χ1n) is 12.3. The lowest BCUT2D eigenvalue weighted by Gasteiger charge is -2.23. The molecule has 0 atom stereocenters. The van der Waals surface area contributed by atoms with Crippen LogP contribution in [-0.2, 0) is 17.5 Å². The van der Waals surface area contributed by atoms with Crippen molar-refractivity contribution in [1.29, 1.82) is 0 Å². The van der Waals surface area contributed by atoms with Gasteiger partial charge in [-0.2, -0.15) is 13.2 Å². The molecule has 3 rings (SSSR count). The van der Waals surface area contributed by atoms with Crippen molar-refractivity contribution in [3.8, 4) is 0 Å². The number of hydrogen-bond donors (Lipinski definition) is 3. The minimum absolute atomic E-state index is 0.0693. The Morgan fingerprint density at radius 3 is 2.26 bits per heavy atom. The predicted molar refractivity (Wildman–Crippen MR) is 142 cm³/mol. The standard InChI is InChI=1S/C27H33F4N5O3/c1-25(2,3)15-22(37)35(6)17-8-10-21-20(14-17)32-23(36(21)12-11-26(4,5)39)34-24(38)33-19-9-7-16(13-18(19)28)27(29,30)31/h7-10,13-14,39H,11-12,15H2,1-6H3,(H2,32,33,34,38). The Kier molecular flexibility index (Phi) is 8.30. The van der Waals surface area contributed by atoms with E-state index >= 15 is 0 Å². The van der Waals surface area contributed by atoms with Crippen LogP contribution >= 0.6 is 0 Å². The van der Waals surface area contributed by atoms with E-state index in [0.717, 1.165) is 6.07 Å². The predicted octanol–water partition coefficient (Wildman–Crippen LogP) is 6.40. The molecule has 0 aliphatic rings. The molecule has 3 aromatic rings. The van der Waals surface area contributed by atoms with Gasteiger partial charge in [-0.15, -0.1) is 0 Å². The van der Waals surface area contributed by atoms with Gasteiger partial charge in [0.15, 0.2) is 0 Å². The summed E-state index contributed by atoms with van der Waals surface area (Å²) in [5, 5.41) is 14.9. The third-order valence-electron chi connectivity index (χ3n) is 5.89. The lowest BCUT2D eigenvalue weighted by Crippen LogP contribution is -2.29. The second-order valence-corrected chi connectivity index (χ2v) is 11.3. The highest BCUT2D eigenvalue weighted by Crippen LogP contribution is 2.32. The van der Waals surface area contributed by atoms with Crippen molar-refractivity contribution < 1.29 is 32.3 Å². The van der Waals surface area contributed by atoms with Gasteiger partial charge in [-0.05, 0) is 62.1 Å². The molecule has 0 bridgehead atoms. The Bertz CT molecular complexity index is 1370. The van der Waals surface area contributed by atoms with E-state index < -0.39 is 34.9 Å². The molecule has 1 aromatic heterocycles. The molecule has 2 aromatic carbocycles. The van der Waals surface area contributed by atoms with E-state index in [1.165, 1.54) is 4.90 Å². The molecule has 1 heterocycles. The normalized spacial score (nSPS) is 12.5. The van der Waals surface area contributed by atoms with E-state index in [1.807, 2.05) is 20.8 Å². The number of fused-ring (bicyclic) bond motifs is 1. The number of nitrogens with one attached hydrogen (secondary N) is 2. The van der Waals surface area contributed by atoms with Gasteiger partial charge in [-0.3, -0.25) is 10.1 Å². The van der Waals surface area contributed by atoms with Gasteiger partial charge in [0, 0.05) is 25.7 Å². The number of amides is 3. The van der Waals surface area contributed by atoms with Crippen molar-refractivity contribution in [2.75, 3.05) is 22.6 Å². The average molecular weight is 552 g/mol. The number of alkyl halides is 3. The van der Waals surface area contributed by atoms with Gasteiger partial charge in [0.1, 0.15) is 5.82 Å². The summed E-state index contributed by atoms with van der Waals surface area (Å²) in [6.07, 6.45) is -4.10. The fraction of sp³-hybridized carbons (Fsp3) is 0.444. The summed E-state index contributed by atoms with van der Waals surface area (Å²) >= 11 is 0. The number of carbonyl (C=O) groups excluding carboxylic acids is 2. The van der Waals surface area contributed by atoms with Crippen LogP contribution in [0, 0.1) is 11.2 Å². The lowest BCUT2D eigenvalue weighted by molar-refractivity contribution is -0.137. The number of halogens is 4. The molecular formula is C27H33F4N5O3. The third-order valence-corrected chi connectivity index (χ3v) is 5.89. The quantitative estimate of drug-likeness (QED) is 0.296. The molecule has 39 heavy (non-hydrogen) atoms. The highest BCUT2D eigenvalue weighted by atomic mass is 19.4. The van der Waals surface area contributed by atoms with E-state index in [9.17, 15) is 32.3 Å². The molecule has 0 saturated heterocycles. The Morgan fingerprint density at radius 2 is 1.69 bits per heavy atom. The van der Waals surface area contributed by atoms with Gasteiger partial charge < -0.3 is 19.9 Å². The summed E-state index contributed by atoms with van der Waals surface area (Å²) in [6, 6.07) is 6.03. The molecule has 0 spiro atoms. The van der Waals surface area contributed by atoms with Crippen LogP contribution in [0.1, 0.15) is 53.0 Å². The molecule has 0 aliphatic heterocycles. The first-order chi connectivity index (χ1) is 17.8. The third kappa shape index (κ3) is 7.92. The Hall–Kier alpha value is -3.67. The van der Waals surface area contributed by atoms with Crippen LogP contribution in [0.4, 0.5) is 39.7 Å². The summed E-state index contributed by atoms with van der Waals surface area (Å²) in [5.41, 5.74) is -1.21. The van der Waals surface area contributed by atoms with E-state index in [4.69, 9.17) is 0 Å². The van der Waals surface area contributed by atoms with Crippen LogP contribution in [0.15, 0.2) is 36.4 Å². The summed E-state index contributed by atoms with van der Waals surface area (Å²) in [7, 11) is 1.66. The summed E-state index contributed by atoms with van der Waals surface area (Å²) in [5.74, 6) is -1.26. The molecule has 0 saturated carbocycles.